The van der Waals surface area contributed by atoms with E-state index in [2.05, 4.69) is 19.9 Å². The van der Waals surface area contributed by atoms with Crippen LogP contribution in [0.4, 0.5) is 8.78 Å². The monoisotopic (exact) mass is 408 g/mol. The Hall–Kier alpha value is -2.59. The molecule has 0 radical (unpaired) electrons. The normalized spacial score (nSPS) is 14.6. The summed E-state index contributed by atoms with van der Waals surface area (Å²) in [5.74, 6) is -0.696. The summed E-state index contributed by atoms with van der Waals surface area (Å²) in [7, 11) is -4.04. The number of halogens is 2. The van der Waals surface area contributed by atoms with Crippen molar-refractivity contribution in [3.63, 3.8) is 0 Å². The van der Waals surface area contributed by atoms with Crippen molar-refractivity contribution in [1.29, 1.82) is 0 Å². The molecule has 4 rings (SSSR count). The molecule has 1 fully saturated rings. The molecule has 0 aliphatic heterocycles. The number of benzene rings is 1. The average Bonchev–Trinajstić information content (AvgIpc) is 3.27. The third-order valence-electron chi connectivity index (χ3n) is 4.64. The first-order valence-corrected chi connectivity index (χ1v) is 10.2. The van der Waals surface area contributed by atoms with Crippen LogP contribution in [0.2, 0.25) is 0 Å². The van der Waals surface area contributed by atoms with Gasteiger partial charge in [-0.25, -0.2) is 21.9 Å². The van der Waals surface area contributed by atoms with Gasteiger partial charge in [0.15, 0.2) is 0 Å². The molecule has 1 aliphatic carbocycles. The zero-order chi connectivity index (χ0) is 20.1. The van der Waals surface area contributed by atoms with Gasteiger partial charge in [0, 0.05) is 35.5 Å². The number of aromatic amines is 1. The van der Waals surface area contributed by atoms with E-state index in [1.807, 2.05) is 0 Å². The molecule has 1 aliphatic rings. The van der Waals surface area contributed by atoms with Gasteiger partial charge in [-0.05, 0) is 32.8 Å². The summed E-state index contributed by atoms with van der Waals surface area (Å²) in [6, 6.07) is 2.98. The van der Waals surface area contributed by atoms with Crippen LogP contribution in [0.5, 0.6) is 0 Å². The van der Waals surface area contributed by atoms with Crippen molar-refractivity contribution < 1.29 is 21.6 Å². The van der Waals surface area contributed by atoms with E-state index in [1.165, 1.54) is 6.07 Å². The Morgan fingerprint density at radius 2 is 1.96 bits per heavy atom. The third-order valence-corrected chi connectivity index (χ3v) is 6.21. The lowest BCUT2D eigenvalue weighted by Gasteiger charge is -2.09. The van der Waals surface area contributed by atoms with Crippen LogP contribution in [-0.2, 0) is 16.6 Å². The quantitative estimate of drug-likeness (QED) is 0.652. The maximum absolute atomic E-state index is 13.8. The molecule has 2 aromatic heterocycles. The lowest BCUT2D eigenvalue weighted by Crippen LogP contribution is -2.24. The number of aromatic nitrogens is 3. The molecule has 28 heavy (non-hydrogen) atoms. The Bertz CT molecular complexity index is 1150. The molecule has 0 atom stereocenters. The summed E-state index contributed by atoms with van der Waals surface area (Å²) in [6.45, 7) is 3.00. The molecule has 148 valence electrons. The second-order valence-electron chi connectivity index (χ2n) is 6.86. The molecular weight excluding hydrogens is 390 g/mol. The molecule has 2 heterocycles. The van der Waals surface area contributed by atoms with Crippen molar-refractivity contribution in [1.82, 2.24) is 19.9 Å². The van der Waals surface area contributed by atoms with Crippen LogP contribution in [0.25, 0.3) is 11.5 Å². The Labute approximate surface area is 160 Å². The van der Waals surface area contributed by atoms with Crippen LogP contribution >= 0.6 is 0 Å². The van der Waals surface area contributed by atoms with Crippen LogP contribution < -0.4 is 4.72 Å². The van der Waals surface area contributed by atoms with Crippen molar-refractivity contribution in [2.45, 2.75) is 44.0 Å². The zero-order valence-electron chi connectivity index (χ0n) is 15.2. The van der Waals surface area contributed by atoms with Gasteiger partial charge in [0.2, 0.25) is 15.9 Å². The second-order valence-corrected chi connectivity index (χ2v) is 8.56. The van der Waals surface area contributed by atoms with Crippen molar-refractivity contribution in [2.24, 2.45) is 0 Å². The summed E-state index contributed by atoms with van der Waals surface area (Å²) in [4.78, 5) is 2.95. The number of nitrogens with one attached hydrogen (secondary N) is 2. The van der Waals surface area contributed by atoms with Crippen molar-refractivity contribution in [2.75, 3.05) is 0 Å². The van der Waals surface area contributed by atoms with E-state index < -0.39 is 21.7 Å². The first-order valence-electron chi connectivity index (χ1n) is 8.73. The summed E-state index contributed by atoms with van der Waals surface area (Å²) < 4.78 is 60.8. The van der Waals surface area contributed by atoms with Gasteiger partial charge in [-0.2, -0.15) is 0 Å². The van der Waals surface area contributed by atoms with Crippen molar-refractivity contribution >= 4 is 10.0 Å². The van der Waals surface area contributed by atoms with Gasteiger partial charge in [0.25, 0.3) is 5.89 Å². The fourth-order valence-electron chi connectivity index (χ4n) is 3.09. The number of nitrogens with zero attached hydrogens (tertiary/aromatic N) is 2. The highest BCUT2D eigenvalue weighted by molar-refractivity contribution is 7.89. The van der Waals surface area contributed by atoms with Gasteiger partial charge in [-0.15, -0.1) is 10.2 Å². The zero-order valence-corrected chi connectivity index (χ0v) is 16.0. The molecule has 0 saturated heterocycles. The van der Waals surface area contributed by atoms with E-state index in [0.29, 0.717) is 28.9 Å². The van der Waals surface area contributed by atoms with Gasteiger partial charge in [-0.3, -0.25) is 0 Å². The number of hydrogen-bond acceptors (Lipinski definition) is 5. The van der Waals surface area contributed by atoms with Crippen LogP contribution in [0.1, 0.15) is 41.6 Å². The highest BCUT2D eigenvalue weighted by Gasteiger charge is 2.33. The van der Waals surface area contributed by atoms with Crippen LogP contribution in [-0.4, -0.2) is 23.6 Å². The van der Waals surface area contributed by atoms with E-state index in [4.69, 9.17) is 4.42 Å². The van der Waals surface area contributed by atoms with Crippen LogP contribution in [0, 0.1) is 25.5 Å². The SMILES string of the molecule is Cc1[nH]c(C)c(S(=O)(=O)NCc2ccc(F)cc2F)c1-c1nnc(C2CC2)o1. The number of aryl methyl sites for hydroxylation is 2. The minimum Gasteiger partial charge on any atom is -0.420 e. The van der Waals surface area contributed by atoms with E-state index in [0.717, 1.165) is 18.9 Å². The first-order chi connectivity index (χ1) is 13.3. The Morgan fingerprint density at radius 1 is 1.21 bits per heavy atom. The Kier molecular flexibility index (Phi) is 4.54. The van der Waals surface area contributed by atoms with Gasteiger partial charge in [-0.1, -0.05) is 6.07 Å². The second kappa shape index (κ2) is 6.78. The lowest BCUT2D eigenvalue weighted by molar-refractivity contribution is 0.506. The fraction of sp³-hybridized carbons (Fsp3) is 0.333. The predicted molar refractivity (Wildman–Crippen MR) is 95.9 cm³/mol. The maximum Gasteiger partial charge on any atom is 0.250 e. The minimum absolute atomic E-state index is 0.0292. The summed E-state index contributed by atoms with van der Waals surface area (Å²) in [6.07, 6.45) is 1.95. The Balaban J connectivity index is 1.67. The molecule has 0 spiro atoms. The van der Waals surface area contributed by atoms with Crippen molar-refractivity contribution in [3.05, 3.63) is 52.7 Å². The molecule has 0 bridgehead atoms. The predicted octanol–water partition coefficient (Wildman–Crippen LogP) is 3.32. The highest BCUT2D eigenvalue weighted by Crippen LogP contribution is 2.41. The lowest BCUT2D eigenvalue weighted by atomic mass is 10.2. The van der Waals surface area contributed by atoms with Gasteiger partial charge < -0.3 is 9.40 Å². The largest absolute Gasteiger partial charge is 0.420 e. The molecule has 10 heteroatoms. The van der Waals surface area contributed by atoms with E-state index in [-0.39, 0.29) is 28.8 Å². The topological polar surface area (TPSA) is 101 Å². The van der Waals surface area contributed by atoms with Crippen LogP contribution in [0.15, 0.2) is 27.5 Å². The fourth-order valence-corrected chi connectivity index (χ4v) is 4.55. The van der Waals surface area contributed by atoms with Gasteiger partial charge >= 0.3 is 0 Å². The molecule has 2 N–H and O–H groups in total. The number of rotatable bonds is 6. The molecule has 0 amide bonds. The Morgan fingerprint density at radius 3 is 2.64 bits per heavy atom. The maximum atomic E-state index is 13.8. The van der Waals surface area contributed by atoms with Crippen LogP contribution in [0.3, 0.4) is 0 Å². The third kappa shape index (κ3) is 3.45. The van der Waals surface area contributed by atoms with E-state index in [9.17, 15) is 17.2 Å². The van der Waals surface area contributed by atoms with E-state index >= 15 is 0 Å². The summed E-state index contributed by atoms with van der Waals surface area (Å²) in [5, 5.41) is 8.02. The minimum atomic E-state index is -4.04. The molecule has 1 saturated carbocycles. The smallest absolute Gasteiger partial charge is 0.250 e. The first kappa shape index (κ1) is 18.8. The van der Waals surface area contributed by atoms with Crippen molar-refractivity contribution in [3.8, 4) is 11.5 Å². The molecule has 7 nitrogen and oxygen atoms in total. The van der Waals surface area contributed by atoms with E-state index in [1.54, 1.807) is 13.8 Å². The highest BCUT2D eigenvalue weighted by atomic mass is 32.2. The molecule has 1 aromatic carbocycles. The molecule has 0 unspecified atom stereocenters. The molecular formula is C18H18F2N4O3S. The summed E-state index contributed by atoms with van der Waals surface area (Å²) >= 11 is 0. The van der Waals surface area contributed by atoms with Gasteiger partial charge in [0.1, 0.15) is 16.5 Å². The average molecular weight is 408 g/mol. The standard InChI is InChI=1S/C18H18F2N4O3S/c1-9-15(18-24-23-17(27-18)11-3-4-11)16(10(2)22-9)28(25,26)21-8-12-5-6-13(19)7-14(12)20/h5-7,11,21-22H,3-4,8H2,1-2H3. The molecule has 3 aromatic rings. The number of H-pyrrole nitrogens is 1. The van der Waals surface area contributed by atoms with Gasteiger partial charge in [0.05, 0.1) is 5.56 Å². The number of hydrogen-bond donors (Lipinski definition) is 2. The summed E-state index contributed by atoms with van der Waals surface area (Å²) in [5.41, 5.74) is 1.29. The number of sulfonamides is 1.